The van der Waals surface area contributed by atoms with Gasteiger partial charge in [-0.15, -0.1) is 0 Å². The molecule has 0 aromatic carbocycles. The highest BCUT2D eigenvalue weighted by molar-refractivity contribution is 4.92. The summed E-state index contributed by atoms with van der Waals surface area (Å²) in [5.41, 5.74) is 0. The van der Waals surface area contributed by atoms with E-state index < -0.39 is 0 Å². The van der Waals surface area contributed by atoms with Crippen molar-refractivity contribution in [2.45, 2.75) is 71.1 Å². The van der Waals surface area contributed by atoms with Crippen LogP contribution in [0.5, 0.6) is 0 Å². The average Bonchev–Trinajstić information content (AvgIpc) is 2.22. The smallest absolute Gasteiger partial charge is 0.0601 e. The van der Waals surface area contributed by atoms with Gasteiger partial charge in [0.1, 0.15) is 0 Å². The van der Waals surface area contributed by atoms with E-state index >= 15 is 0 Å². The fraction of sp³-hybridized carbons (Fsp3) is 1.00. The summed E-state index contributed by atoms with van der Waals surface area (Å²) < 4.78 is 5.36. The number of nitrogens with one attached hydrogen (secondary N) is 1. The van der Waals surface area contributed by atoms with Crippen molar-refractivity contribution in [1.29, 1.82) is 0 Å². The predicted molar refractivity (Wildman–Crippen MR) is 72.1 cm³/mol. The van der Waals surface area contributed by atoms with Crippen molar-refractivity contribution in [2.75, 3.05) is 7.11 Å². The number of hydrogen-bond donors (Lipinski definition) is 1. The van der Waals surface area contributed by atoms with Crippen LogP contribution in [0.1, 0.15) is 52.9 Å². The van der Waals surface area contributed by atoms with Crippen LogP contribution in [0.4, 0.5) is 0 Å². The molecule has 0 aromatic heterocycles. The Kier molecular flexibility index (Phi) is 4.48. The Hall–Kier alpha value is -0.0800. The molecule has 0 spiro atoms. The summed E-state index contributed by atoms with van der Waals surface area (Å²) in [4.78, 5) is 0. The largest absolute Gasteiger partial charge is 0.381 e. The molecule has 2 nitrogen and oxygen atoms in total. The Morgan fingerprint density at radius 2 is 1.82 bits per heavy atom. The van der Waals surface area contributed by atoms with E-state index in [4.69, 9.17) is 4.74 Å². The molecule has 1 N–H and O–H groups in total. The number of hydrogen-bond acceptors (Lipinski definition) is 2. The Bertz CT molecular complexity index is 235. The molecule has 2 heteroatoms. The van der Waals surface area contributed by atoms with Gasteiger partial charge < -0.3 is 10.1 Å². The maximum absolute atomic E-state index is 5.36. The molecule has 2 fully saturated rings. The number of methoxy groups -OCH3 is 1. The van der Waals surface area contributed by atoms with Gasteiger partial charge in [0.05, 0.1) is 6.10 Å². The molecule has 3 atom stereocenters. The van der Waals surface area contributed by atoms with E-state index in [0.29, 0.717) is 6.10 Å². The standard InChI is InChI=1S/C15H29NO/c1-10(2)14-6-5-11(3)7-15(14)16-12-8-13(9-12)17-4/h10-16H,5-9H2,1-4H3. The van der Waals surface area contributed by atoms with Gasteiger partial charge in [0.2, 0.25) is 0 Å². The zero-order chi connectivity index (χ0) is 12.4. The van der Waals surface area contributed by atoms with Crippen molar-refractivity contribution in [3.63, 3.8) is 0 Å². The van der Waals surface area contributed by atoms with E-state index in [1.807, 2.05) is 7.11 Å². The molecule has 100 valence electrons. The molecule has 2 aliphatic rings. The molecule has 2 rings (SSSR count). The molecule has 0 bridgehead atoms. The molecule has 2 aliphatic carbocycles. The fourth-order valence-electron chi connectivity index (χ4n) is 3.59. The monoisotopic (exact) mass is 239 g/mol. The second-order valence-electron chi connectivity index (χ2n) is 6.63. The lowest BCUT2D eigenvalue weighted by atomic mass is 9.73. The third kappa shape index (κ3) is 3.23. The lowest BCUT2D eigenvalue weighted by Gasteiger charge is -2.44. The van der Waals surface area contributed by atoms with Crippen LogP contribution in [-0.2, 0) is 4.74 Å². The van der Waals surface area contributed by atoms with Crippen LogP contribution in [0, 0.1) is 17.8 Å². The summed E-state index contributed by atoms with van der Waals surface area (Å²) in [6, 6.07) is 1.47. The van der Waals surface area contributed by atoms with Crippen LogP contribution in [0.2, 0.25) is 0 Å². The van der Waals surface area contributed by atoms with Crippen molar-refractivity contribution in [1.82, 2.24) is 5.32 Å². The van der Waals surface area contributed by atoms with Crippen LogP contribution in [0.25, 0.3) is 0 Å². The normalized spacial score (nSPS) is 42.5. The van der Waals surface area contributed by atoms with Crippen LogP contribution < -0.4 is 5.32 Å². The van der Waals surface area contributed by atoms with Gasteiger partial charge in [-0.3, -0.25) is 0 Å². The SMILES string of the molecule is COC1CC(NC2CC(C)CCC2C(C)C)C1. The van der Waals surface area contributed by atoms with E-state index in [9.17, 15) is 0 Å². The minimum absolute atomic E-state index is 0.519. The lowest BCUT2D eigenvalue weighted by Crippen LogP contribution is -2.53. The fourth-order valence-corrected chi connectivity index (χ4v) is 3.59. The summed E-state index contributed by atoms with van der Waals surface area (Å²) in [5, 5.41) is 3.90. The average molecular weight is 239 g/mol. The minimum atomic E-state index is 0.519. The number of rotatable bonds is 4. The van der Waals surface area contributed by atoms with Crippen LogP contribution in [0.3, 0.4) is 0 Å². The topological polar surface area (TPSA) is 21.3 Å². The molecule has 0 aromatic rings. The molecule has 0 amide bonds. The maximum atomic E-state index is 5.36. The third-order valence-corrected chi connectivity index (χ3v) is 4.90. The highest BCUT2D eigenvalue weighted by atomic mass is 16.5. The summed E-state index contributed by atoms with van der Waals surface area (Å²) in [7, 11) is 1.83. The lowest BCUT2D eigenvalue weighted by molar-refractivity contribution is 0.00647. The first-order valence-electron chi connectivity index (χ1n) is 7.39. The van der Waals surface area contributed by atoms with Crippen molar-refractivity contribution in [2.24, 2.45) is 17.8 Å². The Balaban J connectivity index is 1.83. The first kappa shape index (κ1) is 13.4. The van der Waals surface area contributed by atoms with Gasteiger partial charge in [-0.05, 0) is 43.4 Å². The molecular formula is C15H29NO. The van der Waals surface area contributed by atoms with Gasteiger partial charge in [-0.2, -0.15) is 0 Å². The predicted octanol–water partition coefficient (Wildman–Crippen LogP) is 3.21. The second-order valence-corrected chi connectivity index (χ2v) is 6.63. The van der Waals surface area contributed by atoms with Crippen LogP contribution in [-0.4, -0.2) is 25.3 Å². The van der Waals surface area contributed by atoms with Gasteiger partial charge in [0.15, 0.2) is 0 Å². The molecule has 0 aliphatic heterocycles. The molecule has 0 radical (unpaired) electrons. The molecule has 0 saturated heterocycles. The zero-order valence-corrected chi connectivity index (χ0v) is 11.9. The van der Waals surface area contributed by atoms with Crippen molar-refractivity contribution >= 4 is 0 Å². The van der Waals surface area contributed by atoms with Gasteiger partial charge in [-0.25, -0.2) is 0 Å². The summed E-state index contributed by atoms with van der Waals surface area (Å²) in [6.07, 6.45) is 7.16. The molecule has 2 saturated carbocycles. The van der Waals surface area contributed by atoms with Gasteiger partial charge in [0.25, 0.3) is 0 Å². The van der Waals surface area contributed by atoms with E-state index in [1.54, 1.807) is 0 Å². The van der Waals surface area contributed by atoms with E-state index in [1.165, 1.54) is 32.1 Å². The highest BCUT2D eigenvalue weighted by Crippen LogP contribution is 2.35. The molecule has 3 unspecified atom stereocenters. The summed E-state index contributed by atoms with van der Waals surface area (Å²) >= 11 is 0. The van der Waals surface area contributed by atoms with Crippen LogP contribution >= 0.6 is 0 Å². The van der Waals surface area contributed by atoms with Gasteiger partial charge >= 0.3 is 0 Å². The van der Waals surface area contributed by atoms with Gasteiger partial charge in [-0.1, -0.05) is 27.2 Å². The maximum Gasteiger partial charge on any atom is 0.0601 e. The van der Waals surface area contributed by atoms with Crippen molar-refractivity contribution in [3.8, 4) is 0 Å². The van der Waals surface area contributed by atoms with E-state index in [-0.39, 0.29) is 0 Å². The first-order valence-corrected chi connectivity index (χ1v) is 7.39. The summed E-state index contributed by atoms with van der Waals surface area (Å²) in [6.45, 7) is 7.17. The second kappa shape index (κ2) is 5.71. The molecule has 17 heavy (non-hydrogen) atoms. The van der Waals surface area contributed by atoms with Gasteiger partial charge in [0, 0.05) is 19.2 Å². The third-order valence-electron chi connectivity index (χ3n) is 4.90. The summed E-state index contributed by atoms with van der Waals surface area (Å²) in [5.74, 6) is 2.60. The number of ether oxygens (including phenoxy) is 1. The molecular weight excluding hydrogens is 210 g/mol. The Morgan fingerprint density at radius 1 is 1.12 bits per heavy atom. The minimum Gasteiger partial charge on any atom is -0.381 e. The first-order chi connectivity index (χ1) is 8.10. The Labute approximate surface area is 107 Å². The highest BCUT2D eigenvalue weighted by Gasteiger charge is 2.36. The van der Waals surface area contributed by atoms with E-state index in [0.717, 1.165) is 29.8 Å². The van der Waals surface area contributed by atoms with Crippen LogP contribution in [0.15, 0.2) is 0 Å². The zero-order valence-electron chi connectivity index (χ0n) is 11.9. The Morgan fingerprint density at radius 3 is 2.41 bits per heavy atom. The van der Waals surface area contributed by atoms with Crippen molar-refractivity contribution < 1.29 is 4.74 Å². The van der Waals surface area contributed by atoms with Crippen molar-refractivity contribution in [3.05, 3.63) is 0 Å². The quantitative estimate of drug-likeness (QED) is 0.813. The molecule has 0 heterocycles. The van der Waals surface area contributed by atoms with E-state index in [2.05, 4.69) is 26.1 Å².